The summed E-state index contributed by atoms with van der Waals surface area (Å²) in [7, 11) is 3.94. The van der Waals surface area contributed by atoms with Gasteiger partial charge in [0.25, 0.3) is 5.91 Å². The van der Waals surface area contributed by atoms with Crippen LogP contribution in [0.4, 0.5) is 4.39 Å². The Hall–Kier alpha value is -2.20. The molecule has 33 heavy (non-hydrogen) atoms. The van der Waals surface area contributed by atoms with Gasteiger partial charge in [0, 0.05) is 37.2 Å². The molecule has 0 heterocycles. The van der Waals surface area contributed by atoms with Crippen molar-refractivity contribution in [3.63, 3.8) is 0 Å². The van der Waals surface area contributed by atoms with Gasteiger partial charge in [-0.05, 0) is 56.4 Å². The van der Waals surface area contributed by atoms with Crippen LogP contribution < -0.4 is 16.0 Å². The maximum atomic E-state index is 13.6. The molecular formula is C25H37FIN5O. The smallest absolute Gasteiger partial charge is 0.251 e. The highest BCUT2D eigenvalue weighted by Crippen LogP contribution is 2.22. The third kappa shape index (κ3) is 10.1. The van der Waals surface area contributed by atoms with Crippen molar-refractivity contribution in [3.8, 4) is 0 Å². The first-order valence-corrected chi connectivity index (χ1v) is 11.0. The van der Waals surface area contributed by atoms with E-state index in [9.17, 15) is 9.18 Å². The number of rotatable bonds is 10. The second-order valence-electron chi connectivity index (χ2n) is 8.70. The van der Waals surface area contributed by atoms with Gasteiger partial charge in [-0.2, -0.15) is 0 Å². The van der Waals surface area contributed by atoms with Crippen LogP contribution in [0.1, 0.15) is 42.3 Å². The van der Waals surface area contributed by atoms with Crippen LogP contribution >= 0.6 is 24.0 Å². The average Bonchev–Trinajstić information content (AvgIpc) is 2.75. The summed E-state index contributed by atoms with van der Waals surface area (Å²) in [4.78, 5) is 19.1. The molecule has 0 bridgehead atoms. The first kappa shape index (κ1) is 28.8. The van der Waals surface area contributed by atoms with Crippen molar-refractivity contribution in [1.29, 1.82) is 0 Å². The van der Waals surface area contributed by atoms with E-state index in [1.807, 2.05) is 56.3 Å². The normalized spacial score (nSPS) is 11.7. The molecule has 0 aliphatic heterocycles. The van der Waals surface area contributed by atoms with Gasteiger partial charge >= 0.3 is 0 Å². The van der Waals surface area contributed by atoms with E-state index in [4.69, 9.17) is 0 Å². The number of guanidine groups is 1. The highest BCUT2D eigenvalue weighted by molar-refractivity contribution is 14.0. The summed E-state index contributed by atoms with van der Waals surface area (Å²) in [6.45, 7) is 9.29. The zero-order valence-electron chi connectivity index (χ0n) is 20.2. The largest absolute Gasteiger partial charge is 0.357 e. The summed E-state index contributed by atoms with van der Waals surface area (Å²) in [6, 6.07) is 14.2. The summed E-state index contributed by atoms with van der Waals surface area (Å²) >= 11 is 0. The predicted molar refractivity (Wildman–Crippen MR) is 145 cm³/mol. The molecule has 182 valence electrons. The van der Waals surface area contributed by atoms with Gasteiger partial charge in [0.15, 0.2) is 5.96 Å². The van der Waals surface area contributed by atoms with Crippen LogP contribution in [0.3, 0.4) is 0 Å². The van der Waals surface area contributed by atoms with E-state index >= 15 is 0 Å². The van der Waals surface area contributed by atoms with E-state index < -0.39 is 0 Å². The lowest BCUT2D eigenvalue weighted by molar-refractivity contribution is 0.0951. The quantitative estimate of drug-likeness (QED) is 0.232. The molecule has 2 rings (SSSR count). The van der Waals surface area contributed by atoms with Gasteiger partial charge in [-0.1, -0.05) is 38.1 Å². The van der Waals surface area contributed by atoms with Crippen LogP contribution in [0.25, 0.3) is 0 Å². The van der Waals surface area contributed by atoms with Crippen molar-refractivity contribution in [1.82, 2.24) is 20.9 Å². The molecule has 2 aromatic carbocycles. The Morgan fingerprint density at radius 2 is 1.79 bits per heavy atom. The lowest BCUT2D eigenvalue weighted by Crippen LogP contribution is -2.43. The Kier molecular flexibility index (Phi) is 12.4. The highest BCUT2D eigenvalue weighted by Gasteiger charge is 2.21. The van der Waals surface area contributed by atoms with Crippen LogP contribution in [0, 0.1) is 5.82 Å². The van der Waals surface area contributed by atoms with E-state index in [-0.39, 0.29) is 41.1 Å². The maximum absolute atomic E-state index is 13.6. The first-order valence-electron chi connectivity index (χ1n) is 11.0. The summed E-state index contributed by atoms with van der Waals surface area (Å²) in [5, 5.41) is 9.53. The third-order valence-corrected chi connectivity index (χ3v) is 5.10. The van der Waals surface area contributed by atoms with Crippen molar-refractivity contribution in [2.45, 2.75) is 32.7 Å². The van der Waals surface area contributed by atoms with Gasteiger partial charge in [0.1, 0.15) is 5.82 Å². The zero-order valence-corrected chi connectivity index (χ0v) is 22.6. The molecular weight excluding hydrogens is 532 g/mol. The Bertz CT molecular complexity index is 917. The molecule has 8 heteroatoms. The van der Waals surface area contributed by atoms with Gasteiger partial charge in [-0.15, -0.1) is 24.0 Å². The molecule has 0 aromatic heterocycles. The van der Waals surface area contributed by atoms with E-state index in [1.54, 1.807) is 12.1 Å². The lowest BCUT2D eigenvalue weighted by Gasteiger charge is -2.27. The number of aliphatic imine (C=N–C) groups is 1. The minimum atomic E-state index is -0.275. The van der Waals surface area contributed by atoms with Crippen LogP contribution in [0.2, 0.25) is 0 Å². The maximum Gasteiger partial charge on any atom is 0.251 e. The molecule has 0 radical (unpaired) electrons. The van der Waals surface area contributed by atoms with Crippen LogP contribution in [0.15, 0.2) is 53.5 Å². The Labute approximate surface area is 214 Å². The molecule has 2 aromatic rings. The number of amides is 1. The Morgan fingerprint density at radius 1 is 1.06 bits per heavy atom. The fourth-order valence-electron chi connectivity index (χ4n) is 3.13. The number of nitrogens with one attached hydrogen (secondary N) is 3. The third-order valence-electron chi connectivity index (χ3n) is 5.10. The van der Waals surface area contributed by atoms with Crippen LogP contribution in [-0.4, -0.2) is 57.0 Å². The molecule has 0 saturated heterocycles. The van der Waals surface area contributed by atoms with Crippen LogP contribution in [0.5, 0.6) is 0 Å². The summed E-state index contributed by atoms with van der Waals surface area (Å²) in [5.41, 5.74) is 2.23. The van der Waals surface area contributed by atoms with Crippen molar-refractivity contribution in [2.75, 3.05) is 40.3 Å². The van der Waals surface area contributed by atoms with E-state index in [0.29, 0.717) is 31.2 Å². The minimum Gasteiger partial charge on any atom is -0.357 e. The molecule has 1 amide bonds. The van der Waals surface area contributed by atoms with Crippen molar-refractivity contribution < 1.29 is 9.18 Å². The van der Waals surface area contributed by atoms with Gasteiger partial charge in [-0.25, -0.2) is 9.38 Å². The molecule has 0 atom stereocenters. The fraction of sp³-hybridized carbons (Fsp3) is 0.440. The van der Waals surface area contributed by atoms with Crippen LogP contribution in [-0.2, 0) is 12.0 Å². The topological polar surface area (TPSA) is 68.8 Å². The minimum absolute atomic E-state index is 0. The second kappa shape index (κ2) is 14.1. The van der Waals surface area contributed by atoms with Gasteiger partial charge in [-0.3, -0.25) is 4.79 Å². The number of carbonyl (C=O) groups excluding carboxylic acids is 1. The zero-order chi connectivity index (χ0) is 23.6. The Balaban J connectivity index is 0.00000544. The average molecular weight is 570 g/mol. The lowest BCUT2D eigenvalue weighted by atomic mass is 9.84. The van der Waals surface area contributed by atoms with Gasteiger partial charge in [0.2, 0.25) is 0 Å². The number of likely N-dealkylation sites (N-methyl/N-ethyl adjacent to an activating group) is 1. The molecule has 6 nitrogen and oxygen atoms in total. The standard InChI is InChI=1S/C25H36FN5O.HI/c1-6-27-24(30-18-25(2,3)21-11-8-12-22(26)16-21)29-17-19-9-7-10-20(15-19)23(32)28-13-14-31(4)5;/h7-12,15-16H,6,13-14,17-18H2,1-5H3,(H,28,32)(H2,27,29,30);1H. The number of benzene rings is 2. The van der Waals surface area contributed by atoms with Gasteiger partial charge in [0.05, 0.1) is 6.54 Å². The number of hydrogen-bond donors (Lipinski definition) is 3. The number of carbonyl (C=O) groups is 1. The molecule has 3 N–H and O–H groups in total. The molecule has 0 saturated carbocycles. The number of halogens is 2. The summed E-state index contributed by atoms with van der Waals surface area (Å²) in [5.74, 6) is 0.360. The number of hydrogen-bond acceptors (Lipinski definition) is 3. The van der Waals surface area contributed by atoms with Crippen molar-refractivity contribution in [3.05, 3.63) is 71.0 Å². The predicted octanol–water partition coefficient (Wildman–Crippen LogP) is 3.77. The summed E-state index contributed by atoms with van der Waals surface area (Å²) in [6.07, 6.45) is 0. The highest BCUT2D eigenvalue weighted by atomic mass is 127. The van der Waals surface area contributed by atoms with Crippen molar-refractivity contribution >= 4 is 35.8 Å². The fourth-order valence-corrected chi connectivity index (χ4v) is 3.13. The molecule has 0 aliphatic rings. The van der Waals surface area contributed by atoms with E-state index in [0.717, 1.165) is 24.2 Å². The molecule has 0 fully saturated rings. The van der Waals surface area contributed by atoms with Crippen molar-refractivity contribution in [2.24, 2.45) is 4.99 Å². The SMILES string of the molecule is CCNC(=NCc1cccc(C(=O)NCCN(C)C)c1)NCC(C)(C)c1cccc(F)c1.I. The van der Waals surface area contributed by atoms with Gasteiger partial charge < -0.3 is 20.9 Å². The summed E-state index contributed by atoms with van der Waals surface area (Å²) < 4.78 is 13.6. The van der Waals surface area contributed by atoms with E-state index in [2.05, 4.69) is 34.8 Å². The first-order chi connectivity index (χ1) is 15.2. The van der Waals surface area contributed by atoms with E-state index in [1.165, 1.54) is 6.07 Å². The molecule has 0 aliphatic carbocycles. The second-order valence-corrected chi connectivity index (χ2v) is 8.70. The number of nitrogens with zero attached hydrogens (tertiary/aromatic N) is 2. The monoisotopic (exact) mass is 569 g/mol. The molecule has 0 unspecified atom stereocenters. The Morgan fingerprint density at radius 3 is 2.45 bits per heavy atom. The molecule has 0 spiro atoms.